The topological polar surface area (TPSA) is 40.5 Å². The molecule has 1 saturated heterocycles. The molecule has 2 unspecified atom stereocenters. The van der Waals surface area contributed by atoms with Crippen LogP contribution in [0.25, 0.3) is 0 Å². The third-order valence-electron chi connectivity index (χ3n) is 3.35. The minimum absolute atomic E-state index is 0.0631. The lowest BCUT2D eigenvalue weighted by atomic mass is 10.0. The Morgan fingerprint density at radius 3 is 2.61 bits per heavy atom. The maximum absolute atomic E-state index is 11.9. The van der Waals surface area contributed by atoms with E-state index in [-0.39, 0.29) is 23.9 Å². The van der Waals surface area contributed by atoms with E-state index in [4.69, 9.17) is 11.6 Å². The van der Waals surface area contributed by atoms with E-state index in [1.54, 1.807) is 4.90 Å². The zero-order valence-electron chi connectivity index (χ0n) is 10.5. The molecule has 3 nitrogen and oxygen atoms in total. The number of benzene rings is 1. The van der Waals surface area contributed by atoms with Gasteiger partial charge in [-0.2, -0.15) is 0 Å². The molecule has 1 aromatic rings. The van der Waals surface area contributed by atoms with E-state index in [2.05, 4.69) is 0 Å². The highest BCUT2D eigenvalue weighted by molar-refractivity contribution is 6.22. The molecule has 4 heteroatoms. The van der Waals surface area contributed by atoms with Crippen LogP contribution < -0.4 is 0 Å². The fourth-order valence-corrected chi connectivity index (χ4v) is 2.68. The van der Waals surface area contributed by atoms with Crippen LogP contribution in [-0.2, 0) is 4.79 Å². The molecule has 2 rings (SSSR count). The van der Waals surface area contributed by atoms with Gasteiger partial charge in [0.1, 0.15) is 0 Å². The number of likely N-dealkylation sites (tertiary alicyclic amines) is 1. The van der Waals surface area contributed by atoms with Crippen LogP contribution in [-0.4, -0.2) is 34.4 Å². The number of carbonyl (C=O) groups is 1. The summed E-state index contributed by atoms with van der Waals surface area (Å²) in [5.74, 6) is 0.0778. The van der Waals surface area contributed by atoms with Gasteiger partial charge in [0.05, 0.1) is 11.4 Å². The van der Waals surface area contributed by atoms with Gasteiger partial charge in [0.25, 0.3) is 0 Å². The van der Waals surface area contributed by atoms with Crippen LogP contribution in [0.4, 0.5) is 0 Å². The first-order valence-electron chi connectivity index (χ1n) is 6.22. The van der Waals surface area contributed by atoms with Crippen LogP contribution in [0.15, 0.2) is 24.3 Å². The molecular formula is C14H18ClNO2. The first-order valence-corrected chi connectivity index (χ1v) is 6.66. The molecule has 1 aromatic carbocycles. The SMILES string of the molecule is Cc1ccc(C(CCO)N2CC(Cl)CC2=O)cc1. The van der Waals surface area contributed by atoms with E-state index in [9.17, 15) is 9.90 Å². The molecule has 0 aromatic heterocycles. The van der Waals surface area contributed by atoms with Gasteiger partial charge < -0.3 is 10.0 Å². The second kappa shape index (κ2) is 5.72. The van der Waals surface area contributed by atoms with Crippen LogP contribution in [0, 0.1) is 6.92 Å². The number of hydrogen-bond acceptors (Lipinski definition) is 2. The van der Waals surface area contributed by atoms with Crippen LogP contribution >= 0.6 is 11.6 Å². The third kappa shape index (κ3) is 2.85. The van der Waals surface area contributed by atoms with Crippen molar-refractivity contribution in [3.8, 4) is 0 Å². The number of aliphatic hydroxyl groups excluding tert-OH is 1. The molecular weight excluding hydrogens is 250 g/mol. The van der Waals surface area contributed by atoms with Gasteiger partial charge in [-0.25, -0.2) is 0 Å². The summed E-state index contributed by atoms with van der Waals surface area (Å²) in [6.07, 6.45) is 0.952. The average molecular weight is 268 g/mol. The lowest BCUT2D eigenvalue weighted by Gasteiger charge is -2.28. The summed E-state index contributed by atoms with van der Waals surface area (Å²) < 4.78 is 0. The maximum atomic E-state index is 11.9. The van der Waals surface area contributed by atoms with E-state index in [0.29, 0.717) is 19.4 Å². The van der Waals surface area contributed by atoms with Gasteiger partial charge in [-0.05, 0) is 18.9 Å². The molecule has 0 radical (unpaired) electrons. The van der Waals surface area contributed by atoms with Crippen molar-refractivity contribution >= 4 is 17.5 Å². The molecule has 1 aliphatic heterocycles. The predicted octanol–water partition coefficient (Wildman–Crippen LogP) is 2.26. The maximum Gasteiger partial charge on any atom is 0.224 e. The summed E-state index contributed by atoms with van der Waals surface area (Å²) in [4.78, 5) is 13.7. The van der Waals surface area contributed by atoms with E-state index in [0.717, 1.165) is 5.56 Å². The quantitative estimate of drug-likeness (QED) is 0.850. The van der Waals surface area contributed by atoms with Gasteiger partial charge in [0, 0.05) is 19.6 Å². The molecule has 0 aliphatic carbocycles. The Labute approximate surface area is 112 Å². The van der Waals surface area contributed by atoms with Crippen molar-refractivity contribution in [2.24, 2.45) is 0 Å². The average Bonchev–Trinajstić information content (AvgIpc) is 2.67. The minimum Gasteiger partial charge on any atom is -0.396 e. The Bertz CT molecular complexity index is 418. The lowest BCUT2D eigenvalue weighted by Crippen LogP contribution is -2.31. The number of alkyl halides is 1. The Balaban J connectivity index is 2.22. The van der Waals surface area contributed by atoms with Gasteiger partial charge in [-0.15, -0.1) is 11.6 Å². The van der Waals surface area contributed by atoms with Crippen molar-refractivity contribution in [1.29, 1.82) is 0 Å². The van der Waals surface area contributed by atoms with Gasteiger partial charge in [-0.3, -0.25) is 4.79 Å². The van der Waals surface area contributed by atoms with E-state index >= 15 is 0 Å². The highest BCUT2D eigenvalue weighted by Crippen LogP contribution is 2.30. The number of aryl methyl sites for hydroxylation is 1. The largest absolute Gasteiger partial charge is 0.396 e. The first-order chi connectivity index (χ1) is 8.61. The van der Waals surface area contributed by atoms with Gasteiger partial charge in [-0.1, -0.05) is 29.8 Å². The van der Waals surface area contributed by atoms with Gasteiger partial charge in [0.2, 0.25) is 5.91 Å². The third-order valence-corrected chi connectivity index (χ3v) is 3.64. The number of hydrogen-bond donors (Lipinski definition) is 1. The smallest absolute Gasteiger partial charge is 0.224 e. The molecule has 98 valence electrons. The number of carbonyl (C=O) groups excluding carboxylic acids is 1. The molecule has 0 bridgehead atoms. The van der Waals surface area contributed by atoms with Crippen LogP contribution in [0.3, 0.4) is 0 Å². The molecule has 1 fully saturated rings. The standard InChI is InChI=1S/C14H18ClNO2/c1-10-2-4-11(5-3-10)13(6-7-17)16-9-12(15)8-14(16)18/h2-5,12-13,17H,6-9H2,1H3. The van der Waals surface area contributed by atoms with Crippen LogP contribution in [0.1, 0.15) is 30.0 Å². The molecule has 1 amide bonds. The minimum atomic E-state index is -0.107. The van der Waals surface area contributed by atoms with Crippen molar-refractivity contribution in [1.82, 2.24) is 4.90 Å². The Morgan fingerprint density at radius 1 is 1.44 bits per heavy atom. The van der Waals surface area contributed by atoms with E-state index in [1.165, 1.54) is 5.56 Å². The second-order valence-corrected chi connectivity index (χ2v) is 5.40. The molecule has 1 aliphatic rings. The molecule has 1 N–H and O–H groups in total. The highest BCUT2D eigenvalue weighted by atomic mass is 35.5. The molecule has 18 heavy (non-hydrogen) atoms. The summed E-state index contributed by atoms with van der Waals surface area (Å²) in [7, 11) is 0. The molecule has 2 atom stereocenters. The number of amides is 1. The van der Waals surface area contributed by atoms with Crippen molar-refractivity contribution < 1.29 is 9.90 Å². The summed E-state index contributed by atoms with van der Waals surface area (Å²) >= 11 is 6.03. The normalized spacial score (nSPS) is 21.4. The van der Waals surface area contributed by atoms with Crippen LogP contribution in [0.5, 0.6) is 0 Å². The highest BCUT2D eigenvalue weighted by Gasteiger charge is 2.33. The van der Waals surface area contributed by atoms with Gasteiger partial charge >= 0.3 is 0 Å². The Morgan fingerprint density at radius 2 is 2.11 bits per heavy atom. The fraction of sp³-hybridized carbons (Fsp3) is 0.500. The number of aliphatic hydroxyl groups is 1. The van der Waals surface area contributed by atoms with Crippen molar-refractivity contribution in [2.75, 3.05) is 13.2 Å². The molecule has 1 heterocycles. The summed E-state index contributed by atoms with van der Waals surface area (Å²) in [6.45, 7) is 2.66. The summed E-state index contributed by atoms with van der Waals surface area (Å²) in [5.41, 5.74) is 2.25. The number of halogens is 1. The zero-order chi connectivity index (χ0) is 13.1. The van der Waals surface area contributed by atoms with Crippen molar-refractivity contribution in [3.05, 3.63) is 35.4 Å². The molecule has 0 spiro atoms. The summed E-state index contributed by atoms with van der Waals surface area (Å²) in [6, 6.07) is 8.03. The molecule has 0 saturated carbocycles. The number of nitrogens with zero attached hydrogens (tertiary/aromatic N) is 1. The van der Waals surface area contributed by atoms with Crippen molar-refractivity contribution in [2.45, 2.75) is 31.2 Å². The fourth-order valence-electron chi connectivity index (χ4n) is 2.40. The lowest BCUT2D eigenvalue weighted by molar-refractivity contribution is -0.130. The first kappa shape index (κ1) is 13.4. The zero-order valence-corrected chi connectivity index (χ0v) is 11.2. The van der Waals surface area contributed by atoms with Crippen molar-refractivity contribution in [3.63, 3.8) is 0 Å². The Kier molecular flexibility index (Phi) is 4.25. The van der Waals surface area contributed by atoms with Gasteiger partial charge in [0.15, 0.2) is 0 Å². The monoisotopic (exact) mass is 267 g/mol. The second-order valence-electron chi connectivity index (χ2n) is 4.79. The van der Waals surface area contributed by atoms with E-state index < -0.39 is 0 Å². The Hall–Kier alpha value is -1.06. The van der Waals surface area contributed by atoms with E-state index in [1.807, 2.05) is 31.2 Å². The van der Waals surface area contributed by atoms with Crippen LogP contribution in [0.2, 0.25) is 0 Å². The predicted molar refractivity (Wildman–Crippen MR) is 71.6 cm³/mol. The summed E-state index contributed by atoms with van der Waals surface area (Å²) in [5, 5.41) is 9.09. The number of rotatable bonds is 4.